The summed E-state index contributed by atoms with van der Waals surface area (Å²) in [7, 11) is -0.937. The van der Waals surface area contributed by atoms with Gasteiger partial charge in [-0.1, -0.05) is 19.6 Å². The van der Waals surface area contributed by atoms with Crippen LogP contribution in [-0.2, 0) is 0 Å². The van der Waals surface area contributed by atoms with Crippen molar-refractivity contribution in [2.75, 3.05) is 0 Å². The summed E-state index contributed by atoms with van der Waals surface area (Å²) in [5.74, 6) is 0. The van der Waals surface area contributed by atoms with E-state index < -0.39 is 7.22 Å². The second-order valence-corrected chi connectivity index (χ2v) is 15.4. The highest BCUT2D eigenvalue weighted by Crippen LogP contribution is 2.34. The Morgan fingerprint density at radius 3 is 2.53 bits per heavy atom. The maximum atomic E-state index is 4.85. The van der Waals surface area contributed by atoms with Crippen LogP contribution in [0.5, 0.6) is 0 Å². The van der Waals surface area contributed by atoms with E-state index in [0.717, 1.165) is 11.3 Å². The molecule has 0 aromatic carbocycles. The Balaban J connectivity index is 1.86. The maximum Gasteiger partial charge on any atom is 0.108 e. The van der Waals surface area contributed by atoms with Gasteiger partial charge in [-0.3, -0.25) is 4.99 Å². The first-order valence-electron chi connectivity index (χ1n) is 6.26. The molecule has 0 amide bonds. The highest BCUT2D eigenvalue weighted by atomic mass is 32.4. The van der Waals surface area contributed by atoms with E-state index in [9.17, 15) is 0 Å². The van der Waals surface area contributed by atoms with Gasteiger partial charge in [-0.05, 0) is 38.5 Å². The molecule has 0 aliphatic heterocycles. The number of aliphatic imine (C=N–C) groups is 1. The molecule has 0 N–H and O–H groups in total. The second kappa shape index (κ2) is 4.62. The van der Waals surface area contributed by atoms with Crippen LogP contribution >= 0.6 is 11.2 Å². The van der Waals surface area contributed by atoms with Gasteiger partial charge in [-0.25, -0.2) is 0 Å². The second-order valence-electron chi connectivity index (χ2n) is 5.88. The smallest absolute Gasteiger partial charge is 0.108 e. The van der Waals surface area contributed by atoms with Gasteiger partial charge in [-0.15, -0.1) is 0 Å². The first-order chi connectivity index (χ1) is 7.03. The Morgan fingerprint density at radius 1 is 1.20 bits per heavy atom. The molecule has 0 aromatic rings. The molecular weight excluding hydrogens is 218 g/mol. The largest absolute Gasteiger partial charge is 0.291 e. The third kappa shape index (κ3) is 4.31. The van der Waals surface area contributed by atoms with Crippen LogP contribution in [0.2, 0.25) is 19.6 Å². The summed E-state index contributed by atoms with van der Waals surface area (Å²) in [5.41, 5.74) is 1.54. The molecule has 1 atom stereocenters. The lowest BCUT2D eigenvalue weighted by molar-refractivity contribution is 0.679. The van der Waals surface area contributed by atoms with Crippen LogP contribution in [0.4, 0.5) is 0 Å². The molecule has 0 saturated heterocycles. The Labute approximate surface area is 98.8 Å². The van der Waals surface area contributed by atoms with E-state index >= 15 is 0 Å². The molecule has 2 aliphatic rings. The fourth-order valence-electron chi connectivity index (χ4n) is 2.18. The van der Waals surface area contributed by atoms with E-state index in [1.807, 2.05) is 0 Å². The van der Waals surface area contributed by atoms with Crippen molar-refractivity contribution in [1.82, 2.24) is 0 Å². The van der Waals surface area contributed by atoms with Crippen molar-refractivity contribution in [3.8, 4) is 0 Å². The van der Waals surface area contributed by atoms with Crippen LogP contribution in [0.3, 0.4) is 0 Å². The van der Waals surface area contributed by atoms with Crippen molar-refractivity contribution in [2.45, 2.75) is 69.5 Å². The van der Waals surface area contributed by atoms with Gasteiger partial charge in [0.2, 0.25) is 0 Å². The van der Waals surface area contributed by atoms with Gasteiger partial charge in [0.05, 0.1) is 6.04 Å². The van der Waals surface area contributed by atoms with Crippen LogP contribution in [-0.4, -0.2) is 24.2 Å². The zero-order chi connectivity index (χ0) is 10.9. The van der Waals surface area contributed by atoms with Gasteiger partial charge in [0.1, 0.15) is 7.22 Å². The summed E-state index contributed by atoms with van der Waals surface area (Å²) in [6.45, 7) is 7.39. The summed E-state index contributed by atoms with van der Waals surface area (Å²) in [6, 6.07) is 0.732. The predicted molar refractivity (Wildman–Crippen MR) is 73.7 cm³/mol. The van der Waals surface area contributed by atoms with Crippen molar-refractivity contribution < 1.29 is 0 Å². The average molecular weight is 241 g/mol. The number of hydrogen-bond donors (Lipinski definition) is 0. The lowest BCUT2D eigenvalue weighted by Gasteiger charge is -2.28. The van der Waals surface area contributed by atoms with Crippen LogP contribution in [0, 0.1) is 0 Å². The predicted octanol–water partition coefficient (Wildman–Crippen LogP) is 4.10. The van der Waals surface area contributed by atoms with E-state index in [-0.39, 0.29) is 0 Å². The van der Waals surface area contributed by atoms with Crippen molar-refractivity contribution in [2.24, 2.45) is 4.99 Å². The molecule has 0 aromatic heterocycles. The normalized spacial score (nSPS) is 30.9. The summed E-state index contributed by atoms with van der Waals surface area (Å²) in [4.78, 5) is 4.85. The Bertz CT molecular complexity index is 253. The van der Waals surface area contributed by atoms with Crippen LogP contribution in [0.1, 0.15) is 38.5 Å². The highest BCUT2D eigenvalue weighted by Gasteiger charge is 2.27. The fraction of sp³-hybridized carbons (Fsp3) is 0.917. The van der Waals surface area contributed by atoms with Crippen molar-refractivity contribution in [3.05, 3.63) is 0 Å². The Morgan fingerprint density at radius 2 is 1.93 bits per heavy atom. The third-order valence-corrected chi connectivity index (χ3v) is 7.45. The number of nitrogens with zero attached hydrogens (tertiary/aromatic N) is 1. The van der Waals surface area contributed by atoms with Crippen LogP contribution < -0.4 is 0 Å². The minimum Gasteiger partial charge on any atom is -0.291 e. The molecule has 2 saturated carbocycles. The zero-order valence-corrected chi connectivity index (χ0v) is 12.1. The van der Waals surface area contributed by atoms with Gasteiger partial charge in [-0.2, -0.15) is 11.2 Å². The Kier molecular flexibility index (Phi) is 3.61. The molecule has 2 fully saturated rings. The van der Waals surface area contributed by atoms with E-state index in [2.05, 4.69) is 30.9 Å². The molecule has 0 heterocycles. The van der Waals surface area contributed by atoms with Crippen LogP contribution in [0.15, 0.2) is 4.99 Å². The molecule has 15 heavy (non-hydrogen) atoms. The van der Waals surface area contributed by atoms with E-state index in [0.29, 0.717) is 0 Å². The lowest BCUT2D eigenvalue weighted by atomic mass is 9.98. The zero-order valence-electron chi connectivity index (χ0n) is 10.3. The SMILES string of the molecule is C[Si](C)(C)SC1CCCC(=NC2CC2)C1. The van der Waals surface area contributed by atoms with E-state index in [1.165, 1.54) is 38.5 Å². The summed E-state index contributed by atoms with van der Waals surface area (Å²) in [6.07, 6.45) is 8.11. The summed E-state index contributed by atoms with van der Waals surface area (Å²) >= 11 is 2.29. The topological polar surface area (TPSA) is 12.4 Å². The average Bonchev–Trinajstić information content (AvgIpc) is 2.85. The monoisotopic (exact) mass is 241 g/mol. The molecule has 0 radical (unpaired) electrons. The highest BCUT2D eigenvalue weighted by molar-refractivity contribution is 8.29. The van der Waals surface area contributed by atoms with E-state index in [4.69, 9.17) is 4.99 Å². The molecule has 0 spiro atoms. The van der Waals surface area contributed by atoms with Gasteiger partial charge in [0, 0.05) is 11.0 Å². The van der Waals surface area contributed by atoms with Gasteiger partial charge >= 0.3 is 0 Å². The molecule has 86 valence electrons. The van der Waals surface area contributed by atoms with Crippen molar-refractivity contribution in [1.29, 1.82) is 0 Å². The first kappa shape index (κ1) is 11.7. The molecule has 2 aliphatic carbocycles. The fourth-order valence-corrected chi connectivity index (χ4v) is 7.34. The first-order valence-corrected chi connectivity index (χ1v) is 11.4. The number of hydrogen-bond acceptors (Lipinski definition) is 2. The van der Waals surface area contributed by atoms with E-state index in [1.54, 1.807) is 5.71 Å². The lowest BCUT2D eigenvalue weighted by Crippen LogP contribution is -2.25. The quantitative estimate of drug-likeness (QED) is 0.678. The van der Waals surface area contributed by atoms with Gasteiger partial charge in [0.15, 0.2) is 0 Å². The molecular formula is C12H23NSSi. The molecule has 2 rings (SSSR count). The maximum absolute atomic E-state index is 4.85. The number of rotatable bonds is 3. The third-order valence-electron chi connectivity index (χ3n) is 2.89. The standard InChI is InChI=1S/C12H23NSSi/c1-15(2,3)14-12-6-4-5-11(9-12)13-10-7-8-10/h10,12H,4-9H2,1-3H3. The molecule has 1 nitrogen and oxygen atoms in total. The Hall–Kier alpha value is 0.237. The van der Waals surface area contributed by atoms with Gasteiger partial charge < -0.3 is 0 Å². The van der Waals surface area contributed by atoms with Crippen molar-refractivity contribution >= 4 is 24.1 Å². The minimum absolute atomic E-state index is 0.732. The van der Waals surface area contributed by atoms with Gasteiger partial charge in [0.25, 0.3) is 0 Å². The molecule has 0 bridgehead atoms. The van der Waals surface area contributed by atoms with Crippen LogP contribution in [0.25, 0.3) is 0 Å². The van der Waals surface area contributed by atoms with Crippen molar-refractivity contribution in [3.63, 3.8) is 0 Å². The molecule has 1 unspecified atom stereocenters. The minimum atomic E-state index is -0.937. The summed E-state index contributed by atoms with van der Waals surface area (Å²) in [5, 5.41) is 0.892. The summed E-state index contributed by atoms with van der Waals surface area (Å²) < 4.78 is 0. The molecule has 3 heteroatoms.